The SMILES string of the molecule is Cc1ccc(OC2CCNCC2)cn1.Cl. The van der Waals surface area contributed by atoms with Gasteiger partial charge in [0.05, 0.1) is 6.20 Å². The van der Waals surface area contributed by atoms with Gasteiger partial charge in [0.2, 0.25) is 0 Å². The minimum Gasteiger partial charge on any atom is -0.489 e. The molecule has 3 nitrogen and oxygen atoms in total. The van der Waals surface area contributed by atoms with Crippen LogP contribution in [0.5, 0.6) is 5.75 Å². The van der Waals surface area contributed by atoms with Crippen molar-refractivity contribution in [2.24, 2.45) is 0 Å². The van der Waals surface area contributed by atoms with Gasteiger partial charge in [0.1, 0.15) is 11.9 Å². The van der Waals surface area contributed by atoms with Crippen LogP contribution in [0, 0.1) is 6.92 Å². The Bertz CT molecular complexity index is 283. The number of ether oxygens (including phenoxy) is 1. The first-order valence-electron chi connectivity index (χ1n) is 5.14. The zero-order chi connectivity index (χ0) is 9.80. The number of rotatable bonds is 2. The monoisotopic (exact) mass is 228 g/mol. The first-order chi connectivity index (χ1) is 6.84. The van der Waals surface area contributed by atoms with Gasteiger partial charge >= 0.3 is 0 Å². The fraction of sp³-hybridized carbons (Fsp3) is 0.545. The molecule has 1 aromatic rings. The smallest absolute Gasteiger partial charge is 0.138 e. The third-order valence-electron chi connectivity index (χ3n) is 2.47. The van der Waals surface area contributed by atoms with Crippen LogP contribution in [-0.4, -0.2) is 24.2 Å². The van der Waals surface area contributed by atoms with Crippen molar-refractivity contribution < 1.29 is 4.74 Å². The molecule has 0 spiro atoms. The van der Waals surface area contributed by atoms with Crippen LogP contribution in [0.3, 0.4) is 0 Å². The van der Waals surface area contributed by atoms with Crippen LogP contribution in [0.1, 0.15) is 18.5 Å². The summed E-state index contributed by atoms with van der Waals surface area (Å²) in [5, 5.41) is 3.31. The van der Waals surface area contributed by atoms with Gasteiger partial charge in [-0.25, -0.2) is 0 Å². The molecule has 1 aliphatic rings. The van der Waals surface area contributed by atoms with E-state index in [1.165, 1.54) is 0 Å². The lowest BCUT2D eigenvalue weighted by Gasteiger charge is -2.23. The lowest BCUT2D eigenvalue weighted by atomic mass is 10.1. The molecule has 1 aliphatic heterocycles. The van der Waals surface area contributed by atoms with E-state index in [4.69, 9.17) is 4.74 Å². The van der Waals surface area contributed by atoms with Crippen molar-refractivity contribution in [3.05, 3.63) is 24.0 Å². The Morgan fingerprint density at radius 1 is 1.33 bits per heavy atom. The van der Waals surface area contributed by atoms with Crippen LogP contribution in [0.4, 0.5) is 0 Å². The quantitative estimate of drug-likeness (QED) is 0.840. The molecule has 15 heavy (non-hydrogen) atoms. The molecule has 0 aromatic carbocycles. The van der Waals surface area contributed by atoms with Crippen molar-refractivity contribution in [1.82, 2.24) is 10.3 Å². The number of aromatic nitrogens is 1. The summed E-state index contributed by atoms with van der Waals surface area (Å²) in [6.45, 7) is 4.10. The Hall–Kier alpha value is -0.800. The predicted octanol–water partition coefficient (Wildman–Crippen LogP) is 1.94. The molecule has 1 aromatic heterocycles. The number of hydrogen-bond donors (Lipinski definition) is 1. The van der Waals surface area contributed by atoms with Gasteiger partial charge in [-0.3, -0.25) is 4.98 Å². The summed E-state index contributed by atoms with van der Waals surface area (Å²) in [5.41, 5.74) is 1.03. The van der Waals surface area contributed by atoms with Crippen molar-refractivity contribution in [2.45, 2.75) is 25.9 Å². The maximum Gasteiger partial charge on any atom is 0.138 e. The van der Waals surface area contributed by atoms with E-state index >= 15 is 0 Å². The molecule has 0 bridgehead atoms. The summed E-state index contributed by atoms with van der Waals surface area (Å²) >= 11 is 0. The zero-order valence-electron chi connectivity index (χ0n) is 8.90. The van der Waals surface area contributed by atoms with E-state index in [0.717, 1.165) is 37.4 Å². The fourth-order valence-electron chi connectivity index (χ4n) is 1.63. The number of pyridine rings is 1. The third-order valence-corrected chi connectivity index (χ3v) is 2.47. The molecule has 1 fully saturated rings. The summed E-state index contributed by atoms with van der Waals surface area (Å²) in [6, 6.07) is 3.97. The van der Waals surface area contributed by atoms with Crippen LogP contribution in [-0.2, 0) is 0 Å². The van der Waals surface area contributed by atoms with Crippen LogP contribution in [0.15, 0.2) is 18.3 Å². The molecule has 0 radical (unpaired) electrons. The minimum absolute atomic E-state index is 0. The van der Waals surface area contributed by atoms with Crippen molar-refractivity contribution in [2.75, 3.05) is 13.1 Å². The number of aryl methyl sites for hydroxylation is 1. The van der Waals surface area contributed by atoms with Gasteiger partial charge in [0.15, 0.2) is 0 Å². The average molecular weight is 229 g/mol. The van der Waals surface area contributed by atoms with E-state index in [0.29, 0.717) is 6.10 Å². The number of piperidine rings is 1. The molecule has 0 amide bonds. The molecule has 1 saturated heterocycles. The van der Waals surface area contributed by atoms with Gasteiger partial charge in [-0.05, 0) is 45.0 Å². The lowest BCUT2D eigenvalue weighted by molar-refractivity contribution is 0.162. The molecular formula is C11H17ClN2O. The van der Waals surface area contributed by atoms with Gasteiger partial charge < -0.3 is 10.1 Å². The number of nitrogens with zero attached hydrogens (tertiary/aromatic N) is 1. The van der Waals surface area contributed by atoms with Gasteiger partial charge in [-0.15, -0.1) is 12.4 Å². The highest BCUT2D eigenvalue weighted by molar-refractivity contribution is 5.85. The van der Waals surface area contributed by atoms with E-state index in [1.54, 1.807) is 6.20 Å². The van der Waals surface area contributed by atoms with E-state index in [1.807, 2.05) is 19.1 Å². The second kappa shape index (κ2) is 5.93. The average Bonchev–Trinajstić information content (AvgIpc) is 2.23. The molecule has 0 atom stereocenters. The Labute approximate surface area is 96.7 Å². The molecule has 2 heterocycles. The van der Waals surface area contributed by atoms with Crippen LogP contribution >= 0.6 is 12.4 Å². The number of nitrogens with one attached hydrogen (secondary N) is 1. The summed E-state index contributed by atoms with van der Waals surface area (Å²) in [6.07, 6.45) is 4.35. The summed E-state index contributed by atoms with van der Waals surface area (Å²) in [5.74, 6) is 0.891. The topological polar surface area (TPSA) is 34.1 Å². The molecule has 4 heteroatoms. The van der Waals surface area contributed by atoms with Crippen LogP contribution in [0.25, 0.3) is 0 Å². The Morgan fingerprint density at radius 2 is 2.07 bits per heavy atom. The molecule has 84 valence electrons. The molecular weight excluding hydrogens is 212 g/mol. The Morgan fingerprint density at radius 3 is 2.67 bits per heavy atom. The number of halogens is 1. The molecule has 0 unspecified atom stereocenters. The van der Waals surface area contributed by atoms with Gasteiger partial charge in [0, 0.05) is 5.69 Å². The Balaban J connectivity index is 0.00000112. The summed E-state index contributed by atoms with van der Waals surface area (Å²) in [7, 11) is 0. The van der Waals surface area contributed by atoms with Crippen LogP contribution in [0.2, 0.25) is 0 Å². The largest absolute Gasteiger partial charge is 0.489 e. The standard InChI is InChI=1S/C11H16N2O.ClH/c1-9-2-3-11(8-13-9)14-10-4-6-12-7-5-10;/h2-3,8,10,12H,4-7H2,1H3;1H. The molecule has 1 N–H and O–H groups in total. The highest BCUT2D eigenvalue weighted by Crippen LogP contribution is 2.15. The first kappa shape index (κ1) is 12.3. The fourth-order valence-corrected chi connectivity index (χ4v) is 1.63. The maximum atomic E-state index is 5.81. The predicted molar refractivity (Wildman–Crippen MR) is 62.7 cm³/mol. The van der Waals surface area contributed by atoms with E-state index in [2.05, 4.69) is 10.3 Å². The zero-order valence-corrected chi connectivity index (χ0v) is 9.72. The molecule has 2 rings (SSSR count). The van der Waals surface area contributed by atoms with E-state index in [-0.39, 0.29) is 12.4 Å². The van der Waals surface area contributed by atoms with Crippen molar-refractivity contribution in [3.8, 4) is 5.75 Å². The van der Waals surface area contributed by atoms with E-state index in [9.17, 15) is 0 Å². The molecule has 0 aliphatic carbocycles. The van der Waals surface area contributed by atoms with E-state index < -0.39 is 0 Å². The summed E-state index contributed by atoms with van der Waals surface area (Å²) < 4.78 is 5.81. The van der Waals surface area contributed by atoms with Crippen molar-refractivity contribution in [3.63, 3.8) is 0 Å². The maximum absolute atomic E-state index is 5.81. The van der Waals surface area contributed by atoms with Crippen molar-refractivity contribution in [1.29, 1.82) is 0 Å². The van der Waals surface area contributed by atoms with Crippen LogP contribution < -0.4 is 10.1 Å². The highest BCUT2D eigenvalue weighted by Gasteiger charge is 2.13. The molecule has 0 saturated carbocycles. The van der Waals surface area contributed by atoms with Gasteiger partial charge in [-0.2, -0.15) is 0 Å². The lowest BCUT2D eigenvalue weighted by Crippen LogP contribution is -2.34. The normalized spacial score (nSPS) is 16.9. The number of hydrogen-bond acceptors (Lipinski definition) is 3. The second-order valence-electron chi connectivity index (χ2n) is 3.70. The van der Waals surface area contributed by atoms with Crippen molar-refractivity contribution >= 4 is 12.4 Å². The minimum atomic E-state index is 0. The first-order valence-corrected chi connectivity index (χ1v) is 5.14. The highest BCUT2D eigenvalue weighted by atomic mass is 35.5. The van der Waals surface area contributed by atoms with Gasteiger partial charge in [-0.1, -0.05) is 0 Å². The Kier molecular flexibility index (Phi) is 4.85. The third kappa shape index (κ3) is 3.68. The van der Waals surface area contributed by atoms with Gasteiger partial charge in [0.25, 0.3) is 0 Å². The second-order valence-corrected chi connectivity index (χ2v) is 3.70. The summed E-state index contributed by atoms with van der Waals surface area (Å²) in [4.78, 5) is 4.20.